The molecule has 33 heavy (non-hydrogen) atoms. The summed E-state index contributed by atoms with van der Waals surface area (Å²) in [6.45, 7) is 1.74. The lowest BCUT2D eigenvalue weighted by Crippen LogP contribution is -2.22. The van der Waals surface area contributed by atoms with E-state index in [1.807, 2.05) is 72.8 Å². The summed E-state index contributed by atoms with van der Waals surface area (Å²) in [5.41, 5.74) is 2.97. The van der Waals surface area contributed by atoms with Gasteiger partial charge in [0.1, 0.15) is 11.6 Å². The Hall–Kier alpha value is -3.57. The molecule has 5 nitrogen and oxygen atoms in total. The van der Waals surface area contributed by atoms with E-state index in [2.05, 4.69) is 16.0 Å². The van der Waals surface area contributed by atoms with Gasteiger partial charge in [0.25, 0.3) is 0 Å². The molecule has 0 saturated heterocycles. The van der Waals surface area contributed by atoms with E-state index >= 15 is 0 Å². The number of hydrogen-bond acceptors (Lipinski definition) is 3. The highest BCUT2D eigenvalue weighted by Gasteiger charge is 2.11. The summed E-state index contributed by atoms with van der Waals surface area (Å²) in [7, 11) is 0. The lowest BCUT2D eigenvalue weighted by molar-refractivity contribution is -0.116. The topological polar surface area (TPSA) is 56.2 Å². The molecule has 168 valence electrons. The van der Waals surface area contributed by atoms with Crippen molar-refractivity contribution in [3.63, 3.8) is 0 Å². The van der Waals surface area contributed by atoms with Crippen LogP contribution in [0.15, 0.2) is 84.9 Å². The van der Waals surface area contributed by atoms with Crippen molar-refractivity contribution in [3.8, 4) is 5.75 Å². The van der Waals surface area contributed by atoms with Crippen LogP contribution in [-0.4, -0.2) is 22.1 Å². The minimum Gasteiger partial charge on any atom is -0.492 e. The molecule has 1 N–H and O–H groups in total. The first-order chi connectivity index (χ1) is 16.2. The third kappa shape index (κ3) is 6.24. The smallest absolute Gasteiger partial charge is 0.244 e. The van der Waals surface area contributed by atoms with Gasteiger partial charge in [0.15, 0.2) is 0 Å². The van der Waals surface area contributed by atoms with E-state index in [1.54, 1.807) is 12.2 Å². The Morgan fingerprint density at radius 2 is 1.73 bits per heavy atom. The van der Waals surface area contributed by atoms with E-state index in [9.17, 15) is 4.79 Å². The molecule has 0 bridgehead atoms. The van der Waals surface area contributed by atoms with Crippen LogP contribution in [-0.2, 0) is 17.9 Å². The number of para-hydroxylation sites is 3. The number of rotatable bonds is 10. The molecule has 0 spiro atoms. The Balaban J connectivity index is 1.34. The van der Waals surface area contributed by atoms with Crippen molar-refractivity contribution in [3.05, 3.63) is 101 Å². The maximum Gasteiger partial charge on any atom is 0.244 e. The number of unbranched alkanes of at least 4 members (excludes halogenated alkanes) is 1. The van der Waals surface area contributed by atoms with Gasteiger partial charge < -0.3 is 14.6 Å². The second-order valence-electron chi connectivity index (χ2n) is 7.62. The minimum absolute atomic E-state index is 0.148. The van der Waals surface area contributed by atoms with Gasteiger partial charge in [0, 0.05) is 12.6 Å². The summed E-state index contributed by atoms with van der Waals surface area (Å²) in [5, 5.41) is 3.57. The molecular formula is C27H26ClN3O2. The summed E-state index contributed by atoms with van der Waals surface area (Å²) in [6.07, 6.45) is 5.15. The van der Waals surface area contributed by atoms with E-state index in [1.165, 1.54) is 0 Å². The van der Waals surface area contributed by atoms with Gasteiger partial charge in [-0.25, -0.2) is 4.98 Å². The normalized spacial score (nSPS) is 11.2. The molecule has 3 aromatic carbocycles. The van der Waals surface area contributed by atoms with E-state index < -0.39 is 0 Å². The molecule has 6 heteroatoms. The third-order valence-electron chi connectivity index (χ3n) is 5.25. The van der Waals surface area contributed by atoms with Crippen LogP contribution in [0.1, 0.15) is 24.2 Å². The fraction of sp³-hybridized carbons (Fsp3) is 0.185. The van der Waals surface area contributed by atoms with Gasteiger partial charge in [-0.2, -0.15) is 0 Å². The summed E-state index contributed by atoms with van der Waals surface area (Å²) in [4.78, 5) is 17.1. The lowest BCUT2D eigenvalue weighted by Gasteiger charge is -2.11. The van der Waals surface area contributed by atoms with Crippen molar-refractivity contribution in [2.45, 2.75) is 25.9 Å². The molecule has 0 aliphatic rings. The van der Waals surface area contributed by atoms with Crippen molar-refractivity contribution in [1.82, 2.24) is 14.9 Å². The second-order valence-corrected chi connectivity index (χ2v) is 8.02. The molecule has 0 atom stereocenters. The Kier molecular flexibility index (Phi) is 7.77. The van der Waals surface area contributed by atoms with Gasteiger partial charge in [-0.05, 0) is 48.7 Å². The van der Waals surface area contributed by atoms with Crippen LogP contribution < -0.4 is 10.1 Å². The fourth-order valence-electron chi connectivity index (χ4n) is 3.59. The molecule has 1 amide bonds. The summed E-state index contributed by atoms with van der Waals surface area (Å²) >= 11 is 6.15. The Morgan fingerprint density at radius 1 is 0.970 bits per heavy atom. The quantitative estimate of drug-likeness (QED) is 0.238. The number of nitrogens with one attached hydrogen (secondary N) is 1. The Bertz CT molecular complexity index is 1230. The van der Waals surface area contributed by atoms with Crippen LogP contribution in [0, 0.1) is 0 Å². The molecule has 0 fully saturated rings. The molecule has 1 aromatic heterocycles. The summed E-state index contributed by atoms with van der Waals surface area (Å²) in [5.74, 6) is 1.40. The van der Waals surface area contributed by atoms with Crippen LogP contribution in [0.3, 0.4) is 0 Å². The third-order valence-corrected chi connectivity index (χ3v) is 5.56. The summed E-state index contributed by atoms with van der Waals surface area (Å²) < 4.78 is 7.97. The first-order valence-corrected chi connectivity index (χ1v) is 11.4. The highest BCUT2D eigenvalue weighted by atomic mass is 35.5. The number of carbonyl (C=O) groups excluding carboxylic acids is 1. The number of benzene rings is 3. The number of amides is 1. The van der Waals surface area contributed by atoms with E-state index in [4.69, 9.17) is 21.3 Å². The van der Waals surface area contributed by atoms with Crippen molar-refractivity contribution < 1.29 is 9.53 Å². The first-order valence-electron chi connectivity index (χ1n) is 11.0. The van der Waals surface area contributed by atoms with E-state index in [-0.39, 0.29) is 5.91 Å². The average molecular weight is 460 g/mol. The zero-order chi connectivity index (χ0) is 22.9. The fourth-order valence-corrected chi connectivity index (χ4v) is 3.78. The molecule has 0 aliphatic heterocycles. The molecule has 4 rings (SSSR count). The molecular weight excluding hydrogens is 434 g/mol. The summed E-state index contributed by atoms with van der Waals surface area (Å²) in [6, 6.07) is 25.3. The van der Waals surface area contributed by atoms with Gasteiger partial charge in [-0.3, -0.25) is 4.79 Å². The number of aromatic nitrogens is 2. The standard InChI is InChI=1S/C27H26ClN3O2/c28-22-12-4-7-15-25(22)33-19-9-8-18-31-24-14-6-5-13-23(24)30-26(31)20-29-27(32)17-16-21-10-2-1-3-11-21/h1-7,10-17H,8-9,18-20H2,(H,29,32)/b17-16-. The lowest BCUT2D eigenvalue weighted by atomic mass is 10.2. The number of carbonyl (C=O) groups is 1. The predicted octanol–water partition coefficient (Wildman–Crippen LogP) is 5.88. The second kappa shape index (κ2) is 11.3. The Morgan fingerprint density at radius 3 is 2.58 bits per heavy atom. The predicted molar refractivity (Wildman–Crippen MR) is 133 cm³/mol. The number of fused-ring (bicyclic) bond motifs is 1. The monoisotopic (exact) mass is 459 g/mol. The van der Waals surface area contributed by atoms with Crippen LogP contribution in [0.25, 0.3) is 17.1 Å². The van der Waals surface area contributed by atoms with Gasteiger partial charge in [-0.15, -0.1) is 0 Å². The highest BCUT2D eigenvalue weighted by Crippen LogP contribution is 2.23. The van der Waals surface area contributed by atoms with Crippen molar-refractivity contribution in [2.75, 3.05) is 6.61 Å². The Labute approximate surface area is 198 Å². The van der Waals surface area contributed by atoms with Crippen LogP contribution in [0.4, 0.5) is 0 Å². The minimum atomic E-state index is -0.148. The van der Waals surface area contributed by atoms with E-state index in [0.29, 0.717) is 23.9 Å². The van der Waals surface area contributed by atoms with Gasteiger partial charge >= 0.3 is 0 Å². The zero-order valence-corrected chi connectivity index (χ0v) is 19.0. The number of imidazole rings is 1. The average Bonchev–Trinajstić information content (AvgIpc) is 3.20. The molecule has 1 heterocycles. The van der Waals surface area contributed by atoms with Crippen LogP contribution in [0.2, 0.25) is 5.02 Å². The molecule has 0 unspecified atom stereocenters. The number of ether oxygens (including phenoxy) is 1. The molecule has 4 aromatic rings. The maximum absolute atomic E-state index is 12.3. The highest BCUT2D eigenvalue weighted by molar-refractivity contribution is 6.32. The maximum atomic E-state index is 12.3. The van der Waals surface area contributed by atoms with Gasteiger partial charge in [0.2, 0.25) is 5.91 Å². The van der Waals surface area contributed by atoms with Crippen LogP contribution in [0.5, 0.6) is 5.75 Å². The molecule has 0 aliphatic carbocycles. The zero-order valence-electron chi connectivity index (χ0n) is 18.3. The molecule has 0 radical (unpaired) electrons. The number of nitrogens with zero attached hydrogens (tertiary/aromatic N) is 2. The van der Waals surface area contributed by atoms with Crippen molar-refractivity contribution in [1.29, 1.82) is 0 Å². The SMILES string of the molecule is O=C(/C=C\c1ccccc1)NCc1nc2ccccc2n1CCCCOc1ccccc1Cl. The number of aryl methyl sites for hydroxylation is 1. The first kappa shape index (κ1) is 22.6. The van der Waals surface area contributed by atoms with Gasteiger partial charge in [0.05, 0.1) is 29.2 Å². The van der Waals surface area contributed by atoms with E-state index in [0.717, 1.165) is 41.8 Å². The van der Waals surface area contributed by atoms with Crippen LogP contribution >= 0.6 is 11.6 Å². The number of hydrogen-bond donors (Lipinski definition) is 1. The largest absolute Gasteiger partial charge is 0.492 e. The number of halogens is 1. The van der Waals surface area contributed by atoms with Crippen molar-refractivity contribution >= 4 is 34.6 Å². The molecule has 0 saturated carbocycles. The van der Waals surface area contributed by atoms with Gasteiger partial charge in [-0.1, -0.05) is 66.2 Å². The van der Waals surface area contributed by atoms with Crippen molar-refractivity contribution in [2.24, 2.45) is 0 Å².